The normalized spacial score (nSPS) is 5.20. The molecule has 0 aliphatic rings. The quantitative estimate of drug-likeness (QED) is 0.315. The van der Waals surface area contributed by atoms with Crippen molar-refractivity contribution >= 4 is 31.3 Å². The van der Waals surface area contributed by atoms with E-state index in [2.05, 4.69) is 0 Å². The molecular weight excluding hydrogens is 103 g/mol. The summed E-state index contributed by atoms with van der Waals surface area (Å²) in [5, 5.41) is 0. The molecule has 0 aromatic rings. The van der Waals surface area contributed by atoms with Crippen LogP contribution in [0.3, 0.4) is 0 Å². The fraction of sp³-hybridized carbons (Fsp3) is 0. The first-order valence-corrected chi connectivity index (χ1v) is 1.75. The van der Waals surface area contributed by atoms with Crippen molar-refractivity contribution in [2.45, 2.75) is 0 Å². The third-order valence-corrected chi connectivity index (χ3v) is 0. The molecule has 0 aliphatic carbocycles. The molecule has 0 spiro atoms. The average molecular weight is 105 g/mol. The maximum atomic E-state index is 8.70. The van der Waals surface area contributed by atoms with E-state index in [1.165, 1.54) is 0 Å². The largest absolute Gasteiger partial charge is 2.00 e. The van der Waals surface area contributed by atoms with E-state index in [9.17, 15) is 0 Å². The molecule has 0 radical (unpaired) electrons. The minimum Gasteiger partial charge on any atom is -0.134 e. The Labute approximate surface area is 46.1 Å². The Hall–Kier alpha value is 0.786. The van der Waals surface area contributed by atoms with Crippen LogP contribution in [-0.4, -0.2) is 32.8 Å². The molecule has 5 heteroatoms. The fourth-order valence-electron chi connectivity index (χ4n) is 0. The van der Waals surface area contributed by atoms with Gasteiger partial charge in [-0.3, -0.25) is 0 Å². The maximum Gasteiger partial charge on any atom is 2.00 e. The van der Waals surface area contributed by atoms with Crippen LogP contribution in [0, 0.1) is 0 Å². The standard InChI is InChI=1S/Mg.HO3P/c;1-4(2)3/h;(H-,1,2,3)/q+2;/p+1. The van der Waals surface area contributed by atoms with E-state index in [-0.39, 0.29) is 23.1 Å². The third-order valence-electron chi connectivity index (χ3n) is 0. The van der Waals surface area contributed by atoms with Gasteiger partial charge in [0.1, 0.15) is 0 Å². The second kappa shape index (κ2) is 4.79. The summed E-state index contributed by atoms with van der Waals surface area (Å²) in [4.78, 5) is 14.2. The van der Waals surface area contributed by atoms with Crippen LogP contribution in [0.25, 0.3) is 0 Å². The van der Waals surface area contributed by atoms with E-state index < -0.39 is 8.25 Å². The second-order valence-electron chi connectivity index (χ2n) is 0.253. The Morgan fingerprint density at radius 1 is 1.40 bits per heavy atom. The summed E-state index contributed by atoms with van der Waals surface area (Å²) < 4.78 is 8.70. The van der Waals surface area contributed by atoms with Gasteiger partial charge in [-0.2, -0.15) is 0 Å². The third kappa shape index (κ3) is 60.1. The van der Waals surface area contributed by atoms with Crippen molar-refractivity contribution in [3.63, 3.8) is 0 Å². The van der Waals surface area contributed by atoms with Crippen molar-refractivity contribution in [1.29, 1.82) is 0 Å². The summed E-state index contributed by atoms with van der Waals surface area (Å²) in [6, 6.07) is 0. The molecule has 3 nitrogen and oxygen atoms in total. The molecule has 0 rings (SSSR count). The number of rotatable bonds is 0. The molecule has 0 aliphatic heterocycles. The van der Waals surface area contributed by atoms with E-state index in [1.54, 1.807) is 0 Å². The van der Waals surface area contributed by atoms with Gasteiger partial charge in [-0.1, -0.05) is 0 Å². The second-order valence-corrected chi connectivity index (χ2v) is 0.758. The number of hydrogen-bond donors (Lipinski definition) is 2. The molecule has 0 aromatic heterocycles. The first-order chi connectivity index (χ1) is 1.73. The Bertz CT molecular complexity index is 29.9. The minimum absolute atomic E-state index is 0. The Morgan fingerprint density at radius 2 is 1.40 bits per heavy atom. The summed E-state index contributed by atoms with van der Waals surface area (Å²) in [7, 11) is -2.87. The van der Waals surface area contributed by atoms with Gasteiger partial charge in [0.2, 0.25) is 0 Å². The first-order valence-electron chi connectivity index (χ1n) is 0.583. The molecule has 0 saturated heterocycles. The maximum absolute atomic E-state index is 8.70. The fourth-order valence-corrected chi connectivity index (χ4v) is 0. The van der Waals surface area contributed by atoms with E-state index in [1.807, 2.05) is 0 Å². The summed E-state index contributed by atoms with van der Waals surface area (Å²) in [5.74, 6) is 0. The van der Waals surface area contributed by atoms with Gasteiger partial charge in [-0.25, -0.2) is 0 Å². The van der Waals surface area contributed by atoms with Crippen molar-refractivity contribution in [2.24, 2.45) is 0 Å². The van der Waals surface area contributed by atoms with Crippen molar-refractivity contribution in [3.8, 4) is 0 Å². The monoisotopic (exact) mass is 105 g/mol. The van der Waals surface area contributed by atoms with Gasteiger partial charge in [0.25, 0.3) is 0 Å². The van der Waals surface area contributed by atoms with Gasteiger partial charge >= 0.3 is 31.3 Å². The van der Waals surface area contributed by atoms with E-state index in [0.29, 0.717) is 0 Å². The molecular formula is H2MgO3P+3. The van der Waals surface area contributed by atoms with Gasteiger partial charge in [0.15, 0.2) is 0 Å². The van der Waals surface area contributed by atoms with Crippen LogP contribution in [0.4, 0.5) is 0 Å². The SMILES string of the molecule is O=[P+](O)O.[Mg+2]. The molecule has 0 bridgehead atoms. The van der Waals surface area contributed by atoms with Crippen molar-refractivity contribution in [1.82, 2.24) is 0 Å². The number of hydrogen-bond acceptors (Lipinski definition) is 1. The molecule has 0 fully saturated rings. The van der Waals surface area contributed by atoms with Crippen molar-refractivity contribution < 1.29 is 14.4 Å². The van der Waals surface area contributed by atoms with Crippen LogP contribution in [0.1, 0.15) is 0 Å². The molecule has 0 atom stereocenters. The summed E-state index contributed by atoms with van der Waals surface area (Å²) >= 11 is 0. The Balaban J connectivity index is 0. The van der Waals surface area contributed by atoms with E-state index in [4.69, 9.17) is 14.4 Å². The molecule has 0 saturated carbocycles. The van der Waals surface area contributed by atoms with E-state index in [0.717, 1.165) is 0 Å². The van der Waals surface area contributed by atoms with Crippen LogP contribution in [0.5, 0.6) is 0 Å². The molecule has 24 valence electrons. The molecule has 5 heavy (non-hydrogen) atoms. The summed E-state index contributed by atoms with van der Waals surface area (Å²) in [6.07, 6.45) is 0. The van der Waals surface area contributed by atoms with E-state index >= 15 is 0 Å². The van der Waals surface area contributed by atoms with Crippen LogP contribution >= 0.6 is 8.25 Å². The molecule has 0 aromatic carbocycles. The molecule has 2 N–H and O–H groups in total. The van der Waals surface area contributed by atoms with Gasteiger partial charge in [-0.05, 0) is 0 Å². The Kier molecular flexibility index (Phi) is 8.85. The molecule has 0 unspecified atom stereocenters. The van der Waals surface area contributed by atoms with Crippen molar-refractivity contribution in [3.05, 3.63) is 0 Å². The zero-order valence-electron chi connectivity index (χ0n) is 2.46. The summed E-state index contributed by atoms with van der Waals surface area (Å²) in [5.41, 5.74) is 0. The van der Waals surface area contributed by atoms with Crippen LogP contribution < -0.4 is 0 Å². The van der Waals surface area contributed by atoms with Gasteiger partial charge in [-0.15, -0.1) is 9.79 Å². The predicted octanol–water partition coefficient (Wildman–Crippen LogP) is -0.752. The topological polar surface area (TPSA) is 57.5 Å². The Morgan fingerprint density at radius 3 is 1.40 bits per heavy atom. The zero-order chi connectivity index (χ0) is 3.58. The van der Waals surface area contributed by atoms with Gasteiger partial charge < -0.3 is 0 Å². The first kappa shape index (κ1) is 9.25. The van der Waals surface area contributed by atoms with Crippen LogP contribution in [-0.2, 0) is 4.57 Å². The van der Waals surface area contributed by atoms with Gasteiger partial charge in [0, 0.05) is 4.57 Å². The molecule has 0 heterocycles. The molecule has 0 amide bonds. The average Bonchev–Trinajstić information content (AvgIpc) is 0.811. The van der Waals surface area contributed by atoms with Crippen molar-refractivity contribution in [2.75, 3.05) is 0 Å². The van der Waals surface area contributed by atoms with Crippen LogP contribution in [0.15, 0.2) is 0 Å². The minimum atomic E-state index is -2.87. The van der Waals surface area contributed by atoms with Gasteiger partial charge in [0.05, 0.1) is 0 Å². The smallest absolute Gasteiger partial charge is 0.134 e. The predicted molar refractivity (Wildman–Crippen MR) is 17.8 cm³/mol. The zero-order valence-corrected chi connectivity index (χ0v) is 4.77. The van der Waals surface area contributed by atoms with Crippen LogP contribution in [0.2, 0.25) is 0 Å². The summed E-state index contributed by atoms with van der Waals surface area (Å²) in [6.45, 7) is 0.